The summed E-state index contributed by atoms with van der Waals surface area (Å²) in [5, 5.41) is 0. The molecule has 0 spiro atoms. The van der Waals surface area contributed by atoms with Crippen LogP contribution in [-0.4, -0.2) is 10.9 Å². The van der Waals surface area contributed by atoms with Crippen LogP contribution >= 0.6 is 0 Å². The highest BCUT2D eigenvalue weighted by molar-refractivity contribution is 5.49. The molecule has 2 aromatic rings. The quantitative estimate of drug-likeness (QED) is 0.863. The van der Waals surface area contributed by atoms with Crippen LogP contribution in [-0.2, 0) is 0 Å². The van der Waals surface area contributed by atoms with Gasteiger partial charge in [-0.25, -0.2) is 0 Å². The van der Waals surface area contributed by atoms with Gasteiger partial charge < -0.3 is 4.74 Å². The molecule has 1 aromatic carbocycles. The van der Waals surface area contributed by atoms with Crippen molar-refractivity contribution < 1.29 is 17.9 Å². The van der Waals surface area contributed by atoms with Crippen molar-refractivity contribution in [2.24, 2.45) is 0 Å². The maximum Gasteiger partial charge on any atom is 0.573 e. The van der Waals surface area contributed by atoms with Gasteiger partial charge in [0.05, 0.1) is 0 Å². The van der Waals surface area contributed by atoms with Crippen LogP contribution in [0.5, 0.6) is 5.75 Å². The van der Waals surface area contributed by atoms with E-state index < -0.39 is 6.36 Å². The van der Waals surface area contributed by atoms with Gasteiger partial charge in [-0.2, -0.15) is 0 Å². The van der Waals surface area contributed by atoms with E-state index in [0.717, 1.165) is 17.7 Å². The molecule has 1 heterocycles. The van der Waals surface area contributed by atoms with Crippen LogP contribution in [0.25, 0.3) is 11.8 Å². The highest BCUT2D eigenvalue weighted by Gasteiger charge is 2.30. The number of ether oxygens (including phenoxy) is 1. The molecule has 2 rings (SSSR count). The molecule has 0 radical (unpaired) electrons. The van der Waals surface area contributed by atoms with Crippen molar-refractivity contribution in [3.63, 3.8) is 0 Å². The van der Waals surface area contributed by atoms with Crippen LogP contribution in [0.15, 0.2) is 53.5 Å². The molecular formula is C15H12F3NO2. The van der Waals surface area contributed by atoms with Crippen LogP contribution in [0.3, 0.4) is 0 Å². The Morgan fingerprint density at radius 3 is 2.33 bits per heavy atom. The van der Waals surface area contributed by atoms with E-state index in [-0.39, 0.29) is 11.3 Å². The molecule has 0 aliphatic carbocycles. The lowest BCUT2D eigenvalue weighted by Gasteiger charge is -2.10. The Balaban J connectivity index is 2.34. The number of rotatable bonds is 3. The average molecular weight is 295 g/mol. The van der Waals surface area contributed by atoms with E-state index in [1.807, 2.05) is 19.1 Å². The van der Waals surface area contributed by atoms with Crippen LogP contribution < -0.4 is 10.3 Å². The first-order chi connectivity index (χ1) is 9.89. The third-order valence-electron chi connectivity index (χ3n) is 2.64. The minimum absolute atomic E-state index is 0.271. The number of hydrogen-bond acceptors (Lipinski definition) is 2. The van der Waals surface area contributed by atoms with Gasteiger partial charge in [-0.3, -0.25) is 9.36 Å². The van der Waals surface area contributed by atoms with Crippen LogP contribution in [0.2, 0.25) is 0 Å². The van der Waals surface area contributed by atoms with Crippen LogP contribution in [0, 0.1) is 0 Å². The second kappa shape index (κ2) is 5.87. The molecule has 0 saturated carbocycles. The Morgan fingerprint density at radius 2 is 1.76 bits per heavy atom. The lowest BCUT2D eigenvalue weighted by Crippen LogP contribution is -2.18. The largest absolute Gasteiger partial charge is 0.573 e. The highest BCUT2D eigenvalue weighted by atomic mass is 19.4. The fourth-order valence-electron chi connectivity index (χ4n) is 1.80. The molecule has 0 saturated heterocycles. The fourth-order valence-corrected chi connectivity index (χ4v) is 1.80. The van der Waals surface area contributed by atoms with E-state index in [4.69, 9.17) is 0 Å². The number of allylic oxidation sites excluding steroid dienone is 1. The molecular weight excluding hydrogens is 283 g/mol. The van der Waals surface area contributed by atoms with E-state index >= 15 is 0 Å². The Kier molecular flexibility index (Phi) is 4.16. The summed E-state index contributed by atoms with van der Waals surface area (Å²) in [5.41, 5.74) is 1.00. The van der Waals surface area contributed by atoms with Crippen LogP contribution in [0.4, 0.5) is 13.2 Å². The molecule has 6 heteroatoms. The Morgan fingerprint density at radius 1 is 1.10 bits per heavy atom. The van der Waals surface area contributed by atoms with Crippen molar-refractivity contribution >= 4 is 6.08 Å². The van der Waals surface area contributed by atoms with Gasteiger partial charge in [0, 0.05) is 18.0 Å². The molecule has 0 aliphatic heterocycles. The fraction of sp³-hybridized carbons (Fsp3) is 0.133. The average Bonchev–Trinajstić information content (AvgIpc) is 2.40. The molecule has 0 atom stereocenters. The molecule has 0 amide bonds. The second-order valence-corrected chi connectivity index (χ2v) is 4.21. The summed E-state index contributed by atoms with van der Waals surface area (Å²) < 4.78 is 41.4. The molecule has 0 aliphatic rings. The topological polar surface area (TPSA) is 31.2 Å². The lowest BCUT2D eigenvalue weighted by molar-refractivity contribution is -0.274. The molecule has 3 nitrogen and oxygen atoms in total. The molecule has 0 bridgehead atoms. The Hall–Kier alpha value is -2.50. The lowest BCUT2D eigenvalue weighted by atomic mass is 10.2. The summed E-state index contributed by atoms with van der Waals surface area (Å²) in [7, 11) is 0. The van der Waals surface area contributed by atoms with Crippen molar-refractivity contribution in [3.05, 3.63) is 64.6 Å². The minimum Gasteiger partial charge on any atom is -0.406 e. The summed E-state index contributed by atoms with van der Waals surface area (Å²) in [6.45, 7) is 1.85. The number of hydrogen-bond donors (Lipinski definition) is 0. The first kappa shape index (κ1) is 14.9. The van der Waals surface area contributed by atoms with Gasteiger partial charge in [0.1, 0.15) is 5.75 Å². The third-order valence-corrected chi connectivity index (χ3v) is 2.64. The molecule has 0 fully saturated rings. The van der Waals surface area contributed by atoms with Gasteiger partial charge in [0.25, 0.3) is 5.56 Å². The van der Waals surface area contributed by atoms with E-state index in [1.165, 1.54) is 22.8 Å². The zero-order chi connectivity index (χ0) is 15.5. The number of aromatic nitrogens is 1. The number of nitrogens with zero attached hydrogens (tertiary/aromatic N) is 1. The van der Waals surface area contributed by atoms with Crippen molar-refractivity contribution in [2.75, 3.05) is 0 Å². The van der Waals surface area contributed by atoms with Crippen molar-refractivity contribution in [1.29, 1.82) is 0 Å². The number of pyridine rings is 1. The molecule has 0 N–H and O–H groups in total. The zero-order valence-corrected chi connectivity index (χ0v) is 11.1. The van der Waals surface area contributed by atoms with Gasteiger partial charge in [-0.1, -0.05) is 12.2 Å². The van der Waals surface area contributed by atoms with Crippen LogP contribution in [0.1, 0.15) is 12.5 Å². The predicted octanol–water partition coefficient (Wildman–Crippen LogP) is 3.77. The van der Waals surface area contributed by atoms with E-state index in [1.54, 1.807) is 12.3 Å². The van der Waals surface area contributed by atoms with Gasteiger partial charge in [-0.05, 0) is 42.8 Å². The number of alkyl halides is 3. The molecule has 0 unspecified atom stereocenters. The summed E-state index contributed by atoms with van der Waals surface area (Å²) in [5.74, 6) is -0.330. The first-order valence-corrected chi connectivity index (χ1v) is 6.10. The minimum atomic E-state index is -4.73. The van der Waals surface area contributed by atoms with Gasteiger partial charge in [0.15, 0.2) is 0 Å². The standard InChI is InChI=1S/C15H12F3NO2/c1-2-3-11-4-9-14(20)19(10-11)12-5-7-13(8-6-12)21-15(16,17)18/h2-10H,1H3. The molecule has 21 heavy (non-hydrogen) atoms. The summed E-state index contributed by atoms with van der Waals surface area (Å²) in [6.07, 6.45) is 0.521. The first-order valence-electron chi connectivity index (χ1n) is 6.10. The van der Waals surface area contributed by atoms with Gasteiger partial charge in [-0.15, -0.1) is 13.2 Å². The van der Waals surface area contributed by atoms with Crippen molar-refractivity contribution in [1.82, 2.24) is 4.57 Å². The van der Waals surface area contributed by atoms with Crippen molar-refractivity contribution in [3.8, 4) is 11.4 Å². The maximum atomic E-state index is 12.1. The highest BCUT2D eigenvalue weighted by Crippen LogP contribution is 2.23. The van der Waals surface area contributed by atoms with E-state index in [2.05, 4.69) is 4.74 Å². The van der Waals surface area contributed by atoms with Gasteiger partial charge >= 0.3 is 6.36 Å². The van der Waals surface area contributed by atoms with E-state index in [0.29, 0.717) is 5.69 Å². The normalized spacial score (nSPS) is 11.8. The third kappa shape index (κ3) is 3.98. The zero-order valence-electron chi connectivity index (χ0n) is 11.1. The van der Waals surface area contributed by atoms with E-state index in [9.17, 15) is 18.0 Å². The predicted molar refractivity (Wildman–Crippen MR) is 73.4 cm³/mol. The monoisotopic (exact) mass is 295 g/mol. The molecule has 1 aromatic heterocycles. The number of benzene rings is 1. The van der Waals surface area contributed by atoms with Crippen molar-refractivity contribution in [2.45, 2.75) is 13.3 Å². The SMILES string of the molecule is CC=Cc1ccc(=O)n(-c2ccc(OC(F)(F)F)cc2)c1. The summed E-state index contributed by atoms with van der Waals surface area (Å²) in [4.78, 5) is 11.8. The Labute approximate surface area is 118 Å². The summed E-state index contributed by atoms with van der Waals surface area (Å²) in [6, 6.07) is 8.18. The Bertz CT molecular complexity index is 700. The maximum absolute atomic E-state index is 12.1. The molecule has 110 valence electrons. The number of halogens is 3. The van der Waals surface area contributed by atoms with Gasteiger partial charge in [0.2, 0.25) is 0 Å². The smallest absolute Gasteiger partial charge is 0.406 e. The summed E-state index contributed by atoms with van der Waals surface area (Å²) >= 11 is 0. The second-order valence-electron chi connectivity index (χ2n) is 4.21.